The van der Waals surface area contributed by atoms with Crippen LogP contribution in [-0.2, 0) is 4.79 Å². The van der Waals surface area contributed by atoms with Crippen molar-refractivity contribution in [1.82, 2.24) is 15.6 Å². The normalized spacial score (nSPS) is 15.9. The zero-order chi connectivity index (χ0) is 14.5. The lowest BCUT2D eigenvalue weighted by atomic mass is 9.95. The van der Waals surface area contributed by atoms with Crippen molar-refractivity contribution in [2.75, 3.05) is 6.54 Å². The van der Waals surface area contributed by atoms with Crippen LogP contribution in [0.5, 0.6) is 0 Å². The number of carbonyl (C=O) groups is 2. The molecule has 0 saturated heterocycles. The fourth-order valence-corrected chi connectivity index (χ4v) is 2.74. The van der Waals surface area contributed by atoms with Crippen molar-refractivity contribution in [3.05, 3.63) is 23.0 Å². The van der Waals surface area contributed by atoms with Crippen LogP contribution in [0.2, 0.25) is 0 Å². The average Bonchev–Trinajstić information content (AvgIpc) is 2.76. The van der Waals surface area contributed by atoms with Crippen LogP contribution in [-0.4, -0.2) is 29.4 Å². The molecule has 0 aromatic carbocycles. The van der Waals surface area contributed by atoms with Gasteiger partial charge in [-0.2, -0.15) is 0 Å². The molecule has 0 bridgehead atoms. The fourth-order valence-electron chi connectivity index (χ4n) is 2.74. The van der Waals surface area contributed by atoms with E-state index in [1.807, 2.05) is 19.9 Å². The van der Waals surface area contributed by atoms with Gasteiger partial charge in [-0.1, -0.05) is 19.3 Å². The van der Waals surface area contributed by atoms with Gasteiger partial charge < -0.3 is 15.6 Å². The van der Waals surface area contributed by atoms with E-state index in [0.717, 1.165) is 24.1 Å². The third kappa shape index (κ3) is 3.85. The number of H-pyrrole nitrogens is 1. The molecule has 20 heavy (non-hydrogen) atoms. The standard InChI is InChI=1S/C15H23N3O2/c1-10-8-11(2)17-14(10)15(20)16-9-13(19)18-12-6-4-3-5-7-12/h8,12,17H,3-7,9H2,1-2H3,(H,16,20)(H,18,19). The molecule has 0 spiro atoms. The molecule has 1 aliphatic carbocycles. The van der Waals surface area contributed by atoms with E-state index in [0.29, 0.717) is 5.69 Å². The van der Waals surface area contributed by atoms with E-state index < -0.39 is 0 Å². The maximum Gasteiger partial charge on any atom is 0.268 e. The van der Waals surface area contributed by atoms with Crippen molar-refractivity contribution in [3.8, 4) is 0 Å². The Hall–Kier alpha value is -1.78. The van der Waals surface area contributed by atoms with E-state index in [4.69, 9.17) is 0 Å². The monoisotopic (exact) mass is 277 g/mol. The molecule has 3 N–H and O–H groups in total. The summed E-state index contributed by atoms with van der Waals surface area (Å²) >= 11 is 0. The molecule has 0 aliphatic heterocycles. The minimum Gasteiger partial charge on any atom is -0.354 e. The second-order valence-corrected chi connectivity index (χ2v) is 5.60. The number of aryl methyl sites for hydroxylation is 2. The molecule has 110 valence electrons. The fraction of sp³-hybridized carbons (Fsp3) is 0.600. The minimum atomic E-state index is -0.227. The molecule has 5 nitrogen and oxygen atoms in total. The van der Waals surface area contributed by atoms with Gasteiger partial charge in [0, 0.05) is 11.7 Å². The summed E-state index contributed by atoms with van der Waals surface area (Å²) in [4.78, 5) is 26.8. The molecular weight excluding hydrogens is 254 g/mol. The summed E-state index contributed by atoms with van der Waals surface area (Å²) in [6.45, 7) is 3.81. The first-order valence-corrected chi connectivity index (χ1v) is 7.30. The predicted octanol–water partition coefficient (Wildman–Crippen LogP) is 1.81. The quantitative estimate of drug-likeness (QED) is 0.785. The number of hydrogen-bond acceptors (Lipinski definition) is 2. The second kappa shape index (κ2) is 6.59. The zero-order valence-electron chi connectivity index (χ0n) is 12.2. The van der Waals surface area contributed by atoms with Gasteiger partial charge >= 0.3 is 0 Å². The van der Waals surface area contributed by atoms with Gasteiger partial charge in [0.1, 0.15) is 5.69 Å². The van der Waals surface area contributed by atoms with Gasteiger partial charge in [-0.15, -0.1) is 0 Å². The van der Waals surface area contributed by atoms with E-state index in [-0.39, 0.29) is 24.4 Å². The molecule has 5 heteroatoms. The van der Waals surface area contributed by atoms with Gasteiger partial charge in [-0.3, -0.25) is 9.59 Å². The van der Waals surface area contributed by atoms with Gasteiger partial charge in [0.15, 0.2) is 0 Å². The Balaban J connectivity index is 1.78. The van der Waals surface area contributed by atoms with E-state index in [1.165, 1.54) is 19.3 Å². The van der Waals surface area contributed by atoms with Crippen LogP contribution in [0.1, 0.15) is 53.8 Å². The molecule has 1 saturated carbocycles. The molecule has 2 amide bonds. The molecular formula is C15H23N3O2. The van der Waals surface area contributed by atoms with Gasteiger partial charge in [0.25, 0.3) is 5.91 Å². The number of aromatic nitrogens is 1. The lowest BCUT2D eigenvalue weighted by Gasteiger charge is -2.22. The number of hydrogen-bond donors (Lipinski definition) is 3. The van der Waals surface area contributed by atoms with Crippen molar-refractivity contribution in [3.63, 3.8) is 0 Å². The van der Waals surface area contributed by atoms with Gasteiger partial charge in [0.05, 0.1) is 6.54 Å². The molecule has 0 unspecified atom stereocenters. The molecule has 1 fully saturated rings. The highest BCUT2D eigenvalue weighted by molar-refractivity contribution is 5.96. The molecule has 1 aromatic rings. The molecule has 1 heterocycles. The number of nitrogens with one attached hydrogen (secondary N) is 3. The Labute approximate surface area is 119 Å². The Morgan fingerprint density at radius 3 is 2.55 bits per heavy atom. The summed E-state index contributed by atoms with van der Waals surface area (Å²) in [6, 6.07) is 2.19. The Bertz CT molecular complexity index is 487. The Morgan fingerprint density at radius 2 is 1.95 bits per heavy atom. The first kappa shape index (κ1) is 14.6. The molecule has 2 rings (SSSR count). The molecule has 1 aliphatic rings. The molecule has 0 atom stereocenters. The van der Waals surface area contributed by atoms with Gasteiger partial charge in [0.2, 0.25) is 5.91 Å². The summed E-state index contributed by atoms with van der Waals surface area (Å²) in [6.07, 6.45) is 5.72. The summed E-state index contributed by atoms with van der Waals surface area (Å²) in [5.74, 6) is -0.333. The average molecular weight is 277 g/mol. The van der Waals surface area contributed by atoms with E-state index >= 15 is 0 Å². The summed E-state index contributed by atoms with van der Waals surface area (Å²) < 4.78 is 0. The van der Waals surface area contributed by atoms with Crippen LogP contribution in [0.3, 0.4) is 0 Å². The lowest BCUT2D eigenvalue weighted by Crippen LogP contribution is -2.42. The lowest BCUT2D eigenvalue weighted by molar-refractivity contribution is -0.121. The predicted molar refractivity (Wildman–Crippen MR) is 77.6 cm³/mol. The zero-order valence-corrected chi connectivity index (χ0v) is 12.2. The number of carbonyl (C=O) groups excluding carboxylic acids is 2. The SMILES string of the molecule is Cc1cc(C)c(C(=O)NCC(=O)NC2CCCCC2)[nH]1. The smallest absolute Gasteiger partial charge is 0.268 e. The van der Waals surface area contributed by atoms with Gasteiger partial charge in [-0.25, -0.2) is 0 Å². The van der Waals surface area contributed by atoms with Crippen LogP contribution in [0.15, 0.2) is 6.07 Å². The highest BCUT2D eigenvalue weighted by Gasteiger charge is 2.17. The highest BCUT2D eigenvalue weighted by atomic mass is 16.2. The van der Waals surface area contributed by atoms with E-state index in [1.54, 1.807) is 0 Å². The molecule has 0 radical (unpaired) electrons. The van der Waals surface area contributed by atoms with Crippen molar-refractivity contribution in [2.45, 2.75) is 52.0 Å². The summed E-state index contributed by atoms with van der Waals surface area (Å²) in [5, 5.41) is 5.64. The molecule has 1 aromatic heterocycles. The maximum absolute atomic E-state index is 12.0. The number of aromatic amines is 1. The number of rotatable bonds is 4. The maximum atomic E-state index is 12.0. The van der Waals surface area contributed by atoms with Crippen LogP contribution < -0.4 is 10.6 Å². The second-order valence-electron chi connectivity index (χ2n) is 5.60. The number of amides is 2. The third-order valence-electron chi connectivity index (χ3n) is 3.76. The summed E-state index contributed by atoms with van der Waals surface area (Å²) in [7, 11) is 0. The largest absolute Gasteiger partial charge is 0.354 e. The van der Waals surface area contributed by atoms with Crippen LogP contribution in [0.25, 0.3) is 0 Å². The summed E-state index contributed by atoms with van der Waals surface area (Å²) in [5.41, 5.74) is 2.37. The van der Waals surface area contributed by atoms with Gasteiger partial charge in [-0.05, 0) is 38.3 Å². The van der Waals surface area contributed by atoms with Crippen molar-refractivity contribution in [1.29, 1.82) is 0 Å². The Kier molecular flexibility index (Phi) is 4.82. The van der Waals surface area contributed by atoms with Crippen LogP contribution >= 0.6 is 0 Å². The first-order chi connectivity index (χ1) is 9.56. The topological polar surface area (TPSA) is 74.0 Å². The van der Waals surface area contributed by atoms with E-state index in [2.05, 4.69) is 15.6 Å². The first-order valence-electron chi connectivity index (χ1n) is 7.30. The van der Waals surface area contributed by atoms with E-state index in [9.17, 15) is 9.59 Å². The minimum absolute atomic E-state index is 0.0346. The van der Waals surface area contributed by atoms with Crippen molar-refractivity contribution >= 4 is 11.8 Å². The van der Waals surface area contributed by atoms with Crippen LogP contribution in [0, 0.1) is 13.8 Å². The van der Waals surface area contributed by atoms with Crippen molar-refractivity contribution < 1.29 is 9.59 Å². The third-order valence-corrected chi connectivity index (χ3v) is 3.76. The Morgan fingerprint density at radius 1 is 1.25 bits per heavy atom. The highest BCUT2D eigenvalue weighted by Crippen LogP contribution is 2.17. The van der Waals surface area contributed by atoms with Crippen molar-refractivity contribution in [2.24, 2.45) is 0 Å². The van der Waals surface area contributed by atoms with Crippen LogP contribution in [0.4, 0.5) is 0 Å².